The van der Waals surface area contributed by atoms with Crippen LogP contribution in [0.5, 0.6) is 5.75 Å². The lowest BCUT2D eigenvalue weighted by atomic mass is 10.1. The van der Waals surface area contributed by atoms with E-state index in [1.807, 2.05) is 27.7 Å². The number of amides is 1. The highest BCUT2D eigenvalue weighted by Crippen LogP contribution is 2.22. The second-order valence-corrected chi connectivity index (χ2v) is 5.22. The van der Waals surface area contributed by atoms with Crippen LogP contribution in [0.1, 0.15) is 40.7 Å². The van der Waals surface area contributed by atoms with Gasteiger partial charge in [-0.2, -0.15) is 5.10 Å². The molecule has 0 fully saturated rings. The molecule has 1 rings (SSSR count). The normalized spacial score (nSPS) is 11.1. The zero-order chi connectivity index (χ0) is 14.6. The number of nitrogens with zero attached hydrogens (tertiary/aromatic N) is 2. The van der Waals surface area contributed by atoms with Crippen LogP contribution in [0.15, 0.2) is 10.9 Å². The van der Waals surface area contributed by atoms with Gasteiger partial charge in [0, 0.05) is 13.4 Å². The van der Waals surface area contributed by atoms with E-state index in [4.69, 9.17) is 10.5 Å². The van der Waals surface area contributed by atoms with Crippen LogP contribution in [0.4, 0.5) is 0 Å². The zero-order valence-corrected chi connectivity index (χ0v) is 11.8. The van der Waals surface area contributed by atoms with E-state index in [0.717, 1.165) is 4.68 Å². The van der Waals surface area contributed by atoms with Gasteiger partial charge in [0.2, 0.25) is 5.91 Å². The number of nitrogens with two attached hydrogens (primary N) is 1. The van der Waals surface area contributed by atoms with Gasteiger partial charge in [-0.25, -0.2) is 4.68 Å². The van der Waals surface area contributed by atoms with Gasteiger partial charge in [-0.3, -0.25) is 9.59 Å². The van der Waals surface area contributed by atoms with E-state index in [1.54, 1.807) is 0 Å². The van der Waals surface area contributed by atoms with Crippen molar-refractivity contribution in [2.24, 2.45) is 11.7 Å². The molecule has 1 heterocycles. The minimum absolute atomic E-state index is 0. The lowest BCUT2D eigenvalue weighted by Crippen LogP contribution is -2.31. The molecule has 108 valence electrons. The Morgan fingerprint density at radius 3 is 2.58 bits per heavy atom. The van der Waals surface area contributed by atoms with Crippen LogP contribution in [0, 0.1) is 5.92 Å². The number of carbonyl (C=O) groups excluding carboxylic acids is 1. The molecule has 19 heavy (non-hydrogen) atoms. The molecule has 0 atom stereocenters. The number of aromatic nitrogens is 2. The fourth-order valence-electron chi connectivity index (χ4n) is 1.52. The van der Waals surface area contributed by atoms with Gasteiger partial charge in [-0.1, -0.05) is 27.7 Å². The second kappa shape index (κ2) is 6.36. The molecule has 6 nitrogen and oxygen atoms in total. The highest BCUT2D eigenvalue weighted by molar-refractivity contribution is 5.73. The summed E-state index contributed by atoms with van der Waals surface area (Å²) in [6.45, 7) is 8.24. The summed E-state index contributed by atoms with van der Waals surface area (Å²) in [5.41, 5.74) is 5.35. The molecule has 0 unspecified atom stereocenters. The van der Waals surface area contributed by atoms with Crippen molar-refractivity contribution in [3.8, 4) is 5.75 Å². The maximum Gasteiger partial charge on any atom is 0.270 e. The van der Waals surface area contributed by atoms with Crippen molar-refractivity contribution in [2.75, 3.05) is 6.61 Å². The highest BCUT2D eigenvalue weighted by atomic mass is 16.5. The van der Waals surface area contributed by atoms with Gasteiger partial charge < -0.3 is 10.5 Å². The summed E-state index contributed by atoms with van der Waals surface area (Å²) in [7, 11) is 0. The number of primary amides is 1. The maximum absolute atomic E-state index is 11.8. The molecule has 0 aliphatic carbocycles. The van der Waals surface area contributed by atoms with Crippen LogP contribution < -0.4 is 16.0 Å². The van der Waals surface area contributed by atoms with Crippen LogP contribution in [-0.4, -0.2) is 22.3 Å². The smallest absolute Gasteiger partial charge is 0.270 e. The summed E-state index contributed by atoms with van der Waals surface area (Å²) in [6, 6.07) is 1.37. The molecule has 0 saturated carbocycles. The van der Waals surface area contributed by atoms with Crippen molar-refractivity contribution in [1.29, 1.82) is 0 Å². The Morgan fingerprint density at radius 1 is 1.47 bits per heavy atom. The molecule has 0 saturated heterocycles. The summed E-state index contributed by atoms with van der Waals surface area (Å²) in [5, 5.41) is 4.17. The predicted octanol–water partition coefficient (Wildman–Crippen LogP) is 1.13. The van der Waals surface area contributed by atoms with Crippen LogP contribution in [0.2, 0.25) is 0 Å². The minimum Gasteiger partial charge on any atom is -0.491 e. The molecule has 0 bridgehead atoms. The standard InChI is InChI=1S/C13H21N3O3.H2/c1-8(2)7-19-10-5-12(18)16(6-11(14)17)15-13(10)9(3)4;/h5,8-9H,6-7H2,1-4H3,(H2,14,17);1H. The first-order valence-corrected chi connectivity index (χ1v) is 6.34. The number of hydrogen-bond acceptors (Lipinski definition) is 4. The van der Waals surface area contributed by atoms with Gasteiger partial charge in [-0.05, 0) is 5.92 Å². The first-order chi connectivity index (χ1) is 8.81. The third kappa shape index (κ3) is 4.39. The zero-order valence-electron chi connectivity index (χ0n) is 11.8. The fourth-order valence-corrected chi connectivity index (χ4v) is 1.52. The first kappa shape index (κ1) is 15.2. The molecule has 1 amide bonds. The minimum atomic E-state index is -0.597. The van der Waals surface area contributed by atoms with Gasteiger partial charge >= 0.3 is 0 Å². The Labute approximate surface area is 114 Å². The third-order valence-corrected chi connectivity index (χ3v) is 2.41. The van der Waals surface area contributed by atoms with Crippen molar-refractivity contribution >= 4 is 5.91 Å². The lowest BCUT2D eigenvalue weighted by molar-refractivity contribution is -0.118. The number of carbonyl (C=O) groups is 1. The molecule has 0 aliphatic heterocycles. The maximum atomic E-state index is 11.8. The molecular weight excluding hydrogens is 246 g/mol. The van der Waals surface area contributed by atoms with E-state index in [0.29, 0.717) is 24.0 Å². The van der Waals surface area contributed by atoms with Gasteiger partial charge in [0.1, 0.15) is 18.0 Å². The summed E-state index contributed by atoms with van der Waals surface area (Å²) < 4.78 is 6.68. The first-order valence-electron chi connectivity index (χ1n) is 6.34. The molecule has 6 heteroatoms. The Bertz CT molecular complexity index is 512. The Morgan fingerprint density at radius 2 is 2.11 bits per heavy atom. The number of rotatable bonds is 6. The van der Waals surface area contributed by atoms with E-state index < -0.39 is 5.91 Å². The Kier molecular flexibility index (Phi) is 5.09. The fraction of sp³-hybridized carbons (Fsp3) is 0.615. The van der Waals surface area contributed by atoms with Crippen molar-refractivity contribution in [2.45, 2.75) is 40.2 Å². The predicted molar refractivity (Wildman–Crippen MR) is 74.2 cm³/mol. The lowest BCUT2D eigenvalue weighted by Gasteiger charge is -2.15. The molecule has 0 aromatic carbocycles. The van der Waals surface area contributed by atoms with Gasteiger partial charge in [0.25, 0.3) is 5.56 Å². The molecule has 1 aromatic heterocycles. The van der Waals surface area contributed by atoms with Crippen LogP contribution in [-0.2, 0) is 11.3 Å². The van der Waals surface area contributed by atoms with Gasteiger partial charge in [0.15, 0.2) is 0 Å². The third-order valence-electron chi connectivity index (χ3n) is 2.41. The topological polar surface area (TPSA) is 87.2 Å². The highest BCUT2D eigenvalue weighted by Gasteiger charge is 2.14. The summed E-state index contributed by atoms with van der Waals surface area (Å²) in [5.74, 6) is 0.324. The summed E-state index contributed by atoms with van der Waals surface area (Å²) >= 11 is 0. The van der Waals surface area contributed by atoms with Crippen molar-refractivity contribution in [3.63, 3.8) is 0 Å². The second-order valence-electron chi connectivity index (χ2n) is 5.22. The number of hydrogen-bond donors (Lipinski definition) is 1. The average molecular weight is 269 g/mol. The van der Waals surface area contributed by atoms with Crippen LogP contribution in [0.25, 0.3) is 0 Å². The van der Waals surface area contributed by atoms with Crippen LogP contribution in [0.3, 0.4) is 0 Å². The van der Waals surface area contributed by atoms with E-state index in [2.05, 4.69) is 5.10 Å². The van der Waals surface area contributed by atoms with Gasteiger partial charge in [0.05, 0.1) is 6.61 Å². The molecule has 0 radical (unpaired) electrons. The molecule has 1 aromatic rings. The van der Waals surface area contributed by atoms with Crippen molar-refractivity contribution in [3.05, 3.63) is 22.1 Å². The Balaban J connectivity index is 0.00000361. The van der Waals surface area contributed by atoms with E-state index >= 15 is 0 Å². The molecule has 0 aliphatic rings. The van der Waals surface area contributed by atoms with Crippen LogP contribution >= 0.6 is 0 Å². The van der Waals surface area contributed by atoms with E-state index in [1.165, 1.54) is 6.07 Å². The number of ether oxygens (including phenoxy) is 1. The summed E-state index contributed by atoms with van der Waals surface area (Å²) in [6.07, 6.45) is 0. The molecule has 2 N–H and O–H groups in total. The van der Waals surface area contributed by atoms with Crippen molar-refractivity contribution in [1.82, 2.24) is 9.78 Å². The van der Waals surface area contributed by atoms with E-state index in [9.17, 15) is 9.59 Å². The Hall–Kier alpha value is -1.85. The quantitative estimate of drug-likeness (QED) is 0.838. The van der Waals surface area contributed by atoms with Gasteiger partial charge in [-0.15, -0.1) is 0 Å². The van der Waals surface area contributed by atoms with E-state index in [-0.39, 0.29) is 19.4 Å². The SMILES string of the molecule is CC(C)COc1cc(=O)n(CC(N)=O)nc1C(C)C.[HH]. The monoisotopic (exact) mass is 269 g/mol. The summed E-state index contributed by atoms with van der Waals surface area (Å²) in [4.78, 5) is 22.7. The molecular formula is C13H23N3O3. The average Bonchev–Trinajstić information content (AvgIpc) is 2.28. The largest absolute Gasteiger partial charge is 0.491 e. The van der Waals surface area contributed by atoms with Crippen molar-refractivity contribution < 1.29 is 11.0 Å². The molecule has 0 spiro atoms.